The summed E-state index contributed by atoms with van der Waals surface area (Å²) in [5, 5.41) is 5.83. The molecule has 0 atom stereocenters. The van der Waals surface area contributed by atoms with Gasteiger partial charge < -0.3 is 14.6 Å². The Morgan fingerprint density at radius 1 is 1.67 bits per heavy atom. The predicted octanol–water partition coefficient (Wildman–Crippen LogP) is 0.732. The van der Waals surface area contributed by atoms with Gasteiger partial charge in [0.2, 0.25) is 0 Å². The minimum atomic E-state index is -0.562. The second-order valence-electron chi connectivity index (χ2n) is 2.54. The summed E-state index contributed by atoms with van der Waals surface area (Å²) < 4.78 is 9.09. The molecule has 0 aliphatic rings. The van der Waals surface area contributed by atoms with Crippen molar-refractivity contribution in [3.63, 3.8) is 0 Å². The number of amides is 1. The smallest absolute Gasteiger partial charge is 0.330 e. The van der Waals surface area contributed by atoms with Gasteiger partial charge in [-0.3, -0.25) is 4.79 Å². The highest BCUT2D eigenvalue weighted by Gasteiger charge is 2.06. The maximum Gasteiger partial charge on any atom is 0.330 e. The highest BCUT2D eigenvalue weighted by atomic mass is 16.5. The Kier molecular flexibility index (Phi) is 4.08. The van der Waals surface area contributed by atoms with Gasteiger partial charge in [-0.2, -0.15) is 0 Å². The number of nitrogens with one attached hydrogen (secondary N) is 1. The normalized spacial score (nSPS) is 10.2. The average molecular weight is 210 g/mol. The summed E-state index contributed by atoms with van der Waals surface area (Å²) >= 11 is 0. The Balaban J connectivity index is 2.28. The highest BCUT2D eigenvalue weighted by Crippen LogP contribution is 2.00. The first-order chi connectivity index (χ1) is 7.22. The van der Waals surface area contributed by atoms with Gasteiger partial charge in [0.15, 0.2) is 12.4 Å². The molecule has 0 fully saturated rings. The van der Waals surface area contributed by atoms with E-state index in [0.717, 1.165) is 0 Å². The molecule has 0 aliphatic heterocycles. The summed E-state index contributed by atoms with van der Waals surface area (Å²) in [4.78, 5) is 22.0. The van der Waals surface area contributed by atoms with Crippen molar-refractivity contribution in [2.45, 2.75) is 6.92 Å². The average Bonchev–Trinajstić information content (AvgIpc) is 2.68. The first-order valence-corrected chi connectivity index (χ1v) is 4.22. The van der Waals surface area contributed by atoms with Crippen molar-refractivity contribution in [1.82, 2.24) is 5.16 Å². The third kappa shape index (κ3) is 4.08. The number of esters is 1. The van der Waals surface area contributed by atoms with Gasteiger partial charge >= 0.3 is 5.97 Å². The second kappa shape index (κ2) is 5.58. The van der Waals surface area contributed by atoms with Crippen molar-refractivity contribution in [3.8, 4) is 0 Å². The molecule has 0 unspecified atom stereocenters. The van der Waals surface area contributed by atoms with E-state index in [1.807, 2.05) is 0 Å². The summed E-state index contributed by atoms with van der Waals surface area (Å²) in [6.07, 6.45) is 4.07. The molecule has 15 heavy (non-hydrogen) atoms. The summed E-state index contributed by atoms with van der Waals surface area (Å²) in [5.74, 6) is -0.753. The molecule has 0 spiro atoms. The molecular formula is C9H10N2O4. The number of carbonyl (C=O) groups is 2. The molecule has 0 radical (unpaired) electrons. The largest absolute Gasteiger partial charge is 0.452 e. The fraction of sp³-hybridized carbons (Fsp3) is 0.222. The number of anilines is 1. The molecule has 80 valence electrons. The molecule has 0 bridgehead atoms. The van der Waals surface area contributed by atoms with Crippen LogP contribution < -0.4 is 5.32 Å². The molecule has 1 amide bonds. The number of hydrogen-bond donors (Lipinski definition) is 1. The summed E-state index contributed by atoms with van der Waals surface area (Å²) in [5.41, 5.74) is 0. The Bertz CT molecular complexity index is 356. The Hall–Kier alpha value is -2.11. The first kappa shape index (κ1) is 11.0. The van der Waals surface area contributed by atoms with Crippen LogP contribution in [0.15, 0.2) is 29.0 Å². The number of hydrogen-bond acceptors (Lipinski definition) is 5. The van der Waals surface area contributed by atoms with Crippen molar-refractivity contribution in [2.75, 3.05) is 11.9 Å². The van der Waals surface area contributed by atoms with Crippen LogP contribution in [0.4, 0.5) is 5.82 Å². The van der Waals surface area contributed by atoms with Crippen LogP contribution in [0.3, 0.4) is 0 Å². The van der Waals surface area contributed by atoms with E-state index in [-0.39, 0.29) is 12.4 Å². The van der Waals surface area contributed by atoms with Gasteiger partial charge in [-0.1, -0.05) is 11.2 Å². The van der Waals surface area contributed by atoms with Gasteiger partial charge in [0.1, 0.15) is 6.26 Å². The van der Waals surface area contributed by atoms with Gasteiger partial charge in [0.25, 0.3) is 5.91 Å². The Labute approximate surface area is 85.9 Å². The zero-order chi connectivity index (χ0) is 11.1. The lowest BCUT2D eigenvalue weighted by Gasteiger charge is -2.01. The van der Waals surface area contributed by atoms with Gasteiger partial charge in [0, 0.05) is 12.1 Å². The fourth-order valence-electron chi connectivity index (χ4n) is 0.777. The van der Waals surface area contributed by atoms with Crippen molar-refractivity contribution >= 4 is 17.7 Å². The molecule has 1 N–H and O–H groups in total. The SMILES string of the molecule is C/C=C/C(=O)OCC(=O)Nc1ccon1. The van der Waals surface area contributed by atoms with Crippen LogP contribution in [-0.4, -0.2) is 23.6 Å². The van der Waals surface area contributed by atoms with E-state index in [4.69, 9.17) is 0 Å². The molecule has 1 rings (SSSR count). The lowest BCUT2D eigenvalue weighted by Crippen LogP contribution is -2.20. The molecule has 1 aromatic rings. The molecule has 0 aromatic carbocycles. The number of ether oxygens (including phenoxy) is 1. The maximum atomic E-state index is 11.1. The molecular weight excluding hydrogens is 200 g/mol. The third-order valence-corrected chi connectivity index (χ3v) is 1.35. The van der Waals surface area contributed by atoms with Crippen molar-refractivity contribution in [2.24, 2.45) is 0 Å². The number of rotatable bonds is 4. The van der Waals surface area contributed by atoms with E-state index < -0.39 is 11.9 Å². The van der Waals surface area contributed by atoms with Crippen molar-refractivity contribution in [3.05, 3.63) is 24.5 Å². The first-order valence-electron chi connectivity index (χ1n) is 4.22. The van der Waals surface area contributed by atoms with E-state index in [1.54, 1.807) is 6.92 Å². The van der Waals surface area contributed by atoms with Crippen LogP contribution in [0, 0.1) is 0 Å². The Morgan fingerprint density at radius 2 is 2.47 bits per heavy atom. The summed E-state index contributed by atoms with van der Waals surface area (Å²) in [7, 11) is 0. The van der Waals surface area contributed by atoms with Gasteiger partial charge in [-0.15, -0.1) is 0 Å². The quantitative estimate of drug-likeness (QED) is 0.585. The van der Waals surface area contributed by atoms with Crippen molar-refractivity contribution < 1.29 is 18.8 Å². The number of carbonyl (C=O) groups excluding carboxylic acids is 2. The van der Waals surface area contributed by atoms with Gasteiger partial charge in [-0.25, -0.2) is 4.79 Å². The van der Waals surface area contributed by atoms with Crippen LogP contribution in [0.5, 0.6) is 0 Å². The predicted molar refractivity (Wildman–Crippen MR) is 50.9 cm³/mol. The maximum absolute atomic E-state index is 11.1. The van der Waals surface area contributed by atoms with Crippen LogP contribution in [0.1, 0.15) is 6.92 Å². The standard InChI is InChI=1S/C9H10N2O4/c1-2-3-9(13)14-6-8(12)10-7-4-5-15-11-7/h2-5H,6H2,1H3,(H,10,11,12)/b3-2+. The Morgan fingerprint density at radius 3 is 3.07 bits per heavy atom. The molecule has 0 aliphatic carbocycles. The lowest BCUT2D eigenvalue weighted by molar-refractivity contribution is -0.142. The number of nitrogens with zero attached hydrogens (tertiary/aromatic N) is 1. The van der Waals surface area contributed by atoms with Crippen LogP contribution in [-0.2, 0) is 14.3 Å². The van der Waals surface area contributed by atoms with Crippen LogP contribution in [0.25, 0.3) is 0 Å². The third-order valence-electron chi connectivity index (χ3n) is 1.35. The molecule has 0 saturated heterocycles. The highest BCUT2D eigenvalue weighted by molar-refractivity contribution is 5.92. The zero-order valence-electron chi connectivity index (χ0n) is 8.10. The topological polar surface area (TPSA) is 81.4 Å². The number of aromatic nitrogens is 1. The van der Waals surface area contributed by atoms with E-state index in [9.17, 15) is 9.59 Å². The molecule has 1 heterocycles. The molecule has 6 nitrogen and oxygen atoms in total. The van der Waals surface area contributed by atoms with Crippen LogP contribution in [0.2, 0.25) is 0 Å². The van der Waals surface area contributed by atoms with Gasteiger partial charge in [0.05, 0.1) is 0 Å². The lowest BCUT2D eigenvalue weighted by atomic mass is 10.5. The van der Waals surface area contributed by atoms with Crippen LogP contribution >= 0.6 is 0 Å². The fourth-order valence-corrected chi connectivity index (χ4v) is 0.777. The minimum absolute atomic E-state index is 0.280. The number of allylic oxidation sites excluding steroid dienone is 1. The molecule has 6 heteroatoms. The minimum Gasteiger partial charge on any atom is -0.452 e. The van der Waals surface area contributed by atoms with E-state index in [0.29, 0.717) is 0 Å². The molecule has 1 aromatic heterocycles. The second-order valence-corrected chi connectivity index (χ2v) is 2.54. The van der Waals surface area contributed by atoms with E-state index >= 15 is 0 Å². The van der Waals surface area contributed by atoms with Crippen molar-refractivity contribution in [1.29, 1.82) is 0 Å². The zero-order valence-corrected chi connectivity index (χ0v) is 8.10. The van der Waals surface area contributed by atoms with E-state index in [2.05, 4.69) is 19.7 Å². The molecule has 0 saturated carbocycles. The van der Waals surface area contributed by atoms with Gasteiger partial charge in [-0.05, 0) is 6.92 Å². The van der Waals surface area contributed by atoms with E-state index in [1.165, 1.54) is 24.5 Å². The summed E-state index contributed by atoms with van der Waals surface area (Å²) in [6, 6.07) is 1.48. The monoisotopic (exact) mass is 210 g/mol. The summed E-state index contributed by atoms with van der Waals surface area (Å²) in [6.45, 7) is 1.33.